The van der Waals surface area contributed by atoms with Crippen LogP contribution in [0.2, 0.25) is 0 Å². The number of rotatable bonds is 1. The molecule has 2 heteroatoms. The van der Waals surface area contributed by atoms with Crippen molar-refractivity contribution in [2.75, 3.05) is 0 Å². The fourth-order valence-corrected chi connectivity index (χ4v) is 1.52. The van der Waals surface area contributed by atoms with E-state index < -0.39 is 0 Å². The third-order valence-corrected chi connectivity index (χ3v) is 2.36. The molecule has 16 heavy (non-hydrogen) atoms. The summed E-state index contributed by atoms with van der Waals surface area (Å²) < 4.78 is 5.25. The first kappa shape index (κ1) is 12.3. The molecule has 2 rings (SSSR count). The summed E-state index contributed by atoms with van der Waals surface area (Å²) in [6.07, 6.45) is 1.62. The molecule has 1 aromatic carbocycles. The highest BCUT2D eigenvalue weighted by molar-refractivity contribution is 5.83. The Bertz CT molecular complexity index is 503. The van der Waals surface area contributed by atoms with E-state index >= 15 is 0 Å². The Morgan fingerprint density at radius 2 is 1.94 bits per heavy atom. The monoisotopic (exact) mass is 215 g/mol. The van der Waals surface area contributed by atoms with Gasteiger partial charge in [0.05, 0.1) is 11.8 Å². The average molecular weight is 215 g/mol. The van der Waals surface area contributed by atoms with E-state index in [2.05, 4.69) is 26.0 Å². The molecule has 2 aromatic rings. The molecule has 0 bridgehead atoms. The Morgan fingerprint density at radius 3 is 2.50 bits per heavy atom. The van der Waals surface area contributed by atoms with E-state index in [0.717, 1.165) is 5.39 Å². The molecule has 0 aliphatic rings. The lowest BCUT2D eigenvalue weighted by Gasteiger charge is -2.05. The Morgan fingerprint density at radius 1 is 1.25 bits per heavy atom. The molecule has 1 heterocycles. The predicted octanol–water partition coefficient (Wildman–Crippen LogP) is 4.45. The summed E-state index contributed by atoms with van der Waals surface area (Å²) in [7, 11) is 0. The summed E-state index contributed by atoms with van der Waals surface area (Å²) in [6, 6.07) is 8.02. The fraction of sp³-hybridized carbons (Fsp3) is 0.357. The summed E-state index contributed by atoms with van der Waals surface area (Å²) in [6.45, 7) is 8.23. The van der Waals surface area contributed by atoms with Crippen LogP contribution in [-0.4, -0.2) is 0 Å². The van der Waals surface area contributed by atoms with Crippen molar-refractivity contribution >= 4 is 11.0 Å². The van der Waals surface area contributed by atoms with E-state index in [1.54, 1.807) is 6.26 Å². The molecule has 84 valence electrons. The molecule has 0 aliphatic carbocycles. The number of furan rings is 1. The lowest BCUT2D eigenvalue weighted by Crippen LogP contribution is -1.88. The van der Waals surface area contributed by atoms with Crippen LogP contribution in [0.15, 0.2) is 28.9 Å². The van der Waals surface area contributed by atoms with Crippen molar-refractivity contribution in [3.05, 3.63) is 35.6 Å². The largest absolute Gasteiger partial charge is 0.463 e. The van der Waals surface area contributed by atoms with Crippen LogP contribution < -0.4 is 0 Å². The van der Waals surface area contributed by atoms with Crippen molar-refractivity contribution in [3.8, 4) is 6.07 Å². The number of nitrogens with zero attached hydrogens (tertiary/aromatic N) is 1. The first-order valence-electron chi connectivity index (χ1n) is 5.63. The molecule has 0 saturated carbocycles. The Balaban J connectivity index is 0.000000606. The molecule has 0 unspecified atom stereocenters. The Hall–Kier alpha value is -1.75. The molecule has 0 saturated heterocycles. The van der Waals surface area contributed by atoms with Crippen LogP contribution in [0.4, 0.5) is 0 Å². The fourth-order valence-electron chi connectivity index (χ4n) is 1.52. The molecular formula is C14H17NO. The minimum Gasteiger partial charge on any atom is -0.463 e. The van der Waals surface area contributed by atoms with Crippen molar-refractivity contribution in [1.82, 2.24) is 0 Å². The normalized spacial score (nSPS) is 9.75. The number of nitriles is 1. The predicted molar refractivity (Wildman–Crippen MR) is 66.4 cm³/mol. The number of benzene rings is 1. The maximum atomic E-state index is 8.95. The van der Waals surface area contributed by atoms with Gasteiger partial charge >= 0.3 is 0 Å². The summed E-state index contributed by atoms with van der Waals surface area (Å²) in [5.41, 5.74) is 2.49. The van der Waals surface area contributed by atoms with Gasteiger partial charge in [0.1, 0.15) is 6.07 Å². The summed E-state index contributed by atoms with van der Waals surface area (Å²) in [4.78, 5) is 0. The van der Waals surface area contributed by atoms with Gasteiger partial charge in [-0.1, -0.05) is 27.7 Å². The SMILES string of the molecule is CC.CC(C)c1cc(C#N)c2occc2c1. The van der Waals surface area contributed by atoms with Gasteiger partial charge in [0.25, 0.3) is 0 Å². The van der Waals surface area contributed by atoms with Gasteiger partial charge in [-0.15, -0.1) is 0 Å². The summed E-state index contributed by atoms with van der Waals surface area (Å²) in [5.74, 6) is 0.432. The van der Waals surface area contributed by atoms with Gasteiger partial charge in [-0.25, -0.2) is 0 Å². The lowest BCUT2D eigenvalue weighted by molar-refractivity contribution is 0.614. The average Bonchev–Trinajstić information content (AvgIpc) is 2.78. The topological polar surface area (TPSA) is 36.9 Å². The van der Waals surface area contributed by atoms with Crippen LogP contribution in [0, 0.1) is 11.3 Å². The molecule has 0 spiro atoms. The second-order valence-electron chi connectivity index (χ2n) is 3.67. The zero-order chi connectivity index (χ0) is 12.1. The van der Waals surface area contributed by atoms with Gasteiger partial charge < -0.3 is 4.42 Å². The van der Waals surface area contributed by atoms with Crippen molar-refractivity contribution < 1.29 is 4.42 Å². The van der Waals surface area contributed by atoms with Crippen molar-refractivity contribution in [2.45, 2.75) is 33.6 Å². The van der Waals surface area contributed by atoms with Crippen LogP contribution >= 0.6 is 0 Å². The quantitative estimate of drug-likeness (QED) is 0.704. The second-order valence-corrected chi connectivity index (χ2v) is 3.67. The van der Waals surface area contributed by atoms with E-state index in [0.29, 0.717) is 17.1 Å². The van der Waals surface area contributed by atoms with Gasteiger partial charge in [-0.2, -0.15) is 5.26 Å². The number of hydrogen-bond donors (Lipinski definition) is 0. The van der Waals surface area contributed by atoms with Crippen LogP contribution in [0.5, 0.6) is 0 Å². The molecule has 0 atom stereocenters. The van der Waals surface area contributed by atoms with Gasteiger partial charge in [0.15, 0.2) is 5.58 Å². The van der Waals surface area contributed by atoms with Gasteiger partial charge in [-0.05, 0) is 29.7 Å². The molecular weight excluding hydrogens is 198 g/mol. The first-order chi connectivity index (χ1) is 7.72. The Labute approximate surface area is 96.5 Å². The zero-order valence-corrected chi connectivity index (χ0v) is 10.2. The molecule has 2 nitrogen and oxygen atoms in total. The molecule has 0 N–H and O–H groups in total. The molecule has 0 fully saturated rings. The van der Waals surface area contributed by atoms with Crippen LogP contribution in [0.3, 0.4) is 0 Å². The Kier molecular flexibility index (Phi) is 4.13. The lowest BCUT2D eigenvalue weighted by atomic mass is 9.99. The van der Waals surface area contributed by atoms with E-state index in [1.807, 2.05) is 26.0 Å². The van der Waals surface area contributed by atoms with Crippen LogP contribution in [-0.2, 0) is 0 Å². The third-order valence-electron chi connectivity index (χ3n) is 2.36. The van der Waals surface area contributed by atoms with Crippen LogP contribution in [0.1, 0.15) is 44.7 Å². The summed E-state index contributed by atoms with van der Waals surface area (Å²) in [5, 5.41) is 9.96. The number of fused-ring (bicyclic) bond motifs is 1. The van der Waals surface area contributed by atoms with E-state index in [1.165, 1.54) is 5.56 Å². The maximum Gasteiger partial charge on any atom is 0.151 e. The molecule has 0 aliphatic heterocycles. The molecule has 0 amide bonds. The number of hydrogen-bond acceptors (Lipinski definition) is 2. The smallest absolute Gasteiger partial charge is 0.151 e. The van der Waals surface area contributed by atoms with E-state index in [4.69, 9.17) is 9.68 Å². The van der Waals surface area contributed by atoms with Crippen molar-refractivity contribution in [2.24, 2.45) is 0 Å². The first-order valence-corrected chi connectivity index (χ1v) is 5.63. The molecule has 1 aromatic heterocycles. The highest BCUT2D eigenvalue weighted by Crippen LogP contribution is 2.25. The highest BCUT2D eigenvalue weighted by Gasteiger charge is 2.08. The van der Waals surface area contributed by atoms with Gasteiger partial charge in [-0.3, -0.25) is 0 Å². The van der Waals surface area contributed by atoms with E-state index in [-0.39, 0.29) is 0 Å². The van der Waals surface area contributed by atoms with Gasteiger partial charge in [0, 0.05) is 5.39 Å². The minimum atomic E-state index is 0.432. The highest BCUT2D eigenvalue weighted by atomic mass is 16.3. The van der Waals surface area contributed by atoms with Gasteiger partial charge in [0.2, 0.25) is 0 Å². The van der Waals surface area contributed by atoms with Crippen LogP contribution in [0.25, 0.3) is 11.0 Å². The zero-order valence-electron chi connectivity index (χ0n) is 10.2. The standard InChI is InChI=1S/C12H11NO.C2H6/c1-8(2)10-5-9-3-4-14-12(9)11(6-10)7-13;1-2/h3-6,8H,1-2H3;1-2H3. The summed E-state index contributed by atoms with van der Waals surface area (Å²) >= 11 is 0. The minimum absolute atomic E-state index is 0.432. The van der Waals surface area contributed by atoms with Crippen molar-refractivity contribution in [1.29, 1.82) is 5.26 Å². The second kappa shape index (κ2) is 5.37. The third kappa shape index (κ3) is 2.25. The van der Waals surface area contributed by atoms with Crippen molar-refractivity contribution in [3.63, 3.8) is 0 Å². The molecule has 0 radical (unpaired) electrons. The van der Waals surface area contributed by atoms with E-state index in [9.17, 15) is 0 Å². The maximum absolute atomic E-state index is 8.95.